The normalized spacial score (nSPS) is 10.9. The van der Waals surface area contributed by atoms with E-state index in [1.165, 1.54) is 0 Å². The summed E-state index contributed by atoms with van der Waals surface area (Å²) >= 11 is 0. The summed E-state index contributed by atoms with van der Waals surface area (Å²) in [4.78, 5) is 25.0. The maximum absolute atomic E-state index is 12.6. The molecule has 6 heteroatoms. The van der Waals surface area contributed by atoms with Crippen LogP contribution in [0.3, 0.4) is 0 Å². The van der Waals surface area contributed by atoms with Crippen molar-refractivity contribution in [3.63, 3.8) is 0 Å². The minimum atomic E-state index is -0.310. The molecule has 3 rings (SSSR count). The van der Waals surface area contributed by atoms with Gasteiger partial charge in [-0.2, -0.15) is 5.26 Å². The highest BCUT2D eigenvalue weighted by atomic mass is 16.4. The molecule has 0 aliphatic rings. The van der Waals surface area contributed by atoms with Crippen LogP contribution in [0.15, 0.2) is 27.4 Å². The number of pyridine rings is 1. The van der Waals surface area contributed by atoms with Crippen molar-refractivity contribution in [1.29, 1.82) is 5.26 Å². The molecule has 0 aliphatic heterocycles. The van der Waals surface area contributed by atoms with Crippen LogP contribution in [0.1, 0.15) is 40.0 Å². The van der Waals surface area contributed by atoms with E-state index in [-0.39, 0.29) is 30.3 Å². The highest BCUT2D eigenvalue weighted by Crippen LogP contribution is 2.26. The molecule has 0 atom stereocenters. The first kappa shape index (κ1) is 19.4. The van der Waals surface area contributed by atoms with E-state index in [2.05, 4.69) is 17.5 Å². The summed E-state index contributed by atoms with van der Waals surface area (Å²) in [5.74, 6) is 0.449. The summed E-state index contributed by atoms with van der Waals surface area (Å²) < 4.78 is 7.12. The van der Waals surface area contributed by atoms with Gasteiger partial charge in [-0.1, -0.05) is 11.6 Å². The first-order valence-electron chi connectivity index (χ1n) is 9.14. The van der Waals surface area contributed by atoms with Crippen LogP contribution >= 0.6 is 0 Å². The van der Waals surface area contributed by atoms with Crippen molar-refractivity contribution >= 4 is 22.7 Å². The Balaban J connectivity index is 1.88. The van der Waals surface area contributed by atoms with Crippen molar-refractivity contribution in [1.82, 2.24) is 4.57 Å². The Morgan fingerprint density at radius 2 is 1.86 bits per heavy atom. The number of benzene rings is 1. The number of anilines is 1. The summed E-state index contributed by atoms with van der Waals surface area (Å²) in [6, 6.07) is 7.75. The van der Waals surface area contributed by atoms with Crippen LogP contribution in [-0.2, 0) is 11.3 Å². The van der Waals surface area contributed by atoms with Gasteiger partial charge < -0.3 is 8.98 Å². The molecule has 0 spiro atoms. The van der Waals surface area contributed by atoms with E-state index in [1.807, 2.05) is 26.8 Å². The van der Waals surface area contributed by atoms with Crippen molar-refractivity contribution in [3.05, 3.63) is 62.1 Å². The van der Waals surface area contributed by atoms with Crippen molar-refractivity contribution < 1.29 is 9.21 Å². The van der Waals surface area contributed by atoms with Crippen LogP contribution in [0.2, 0.25) is 0 Å². The number of aromatic nitrogens is 1. The quantitative estimate of drug-likeness (QED) is 0.743. The van der Waals surface area contributed by atoms with Crippen LogP contribution in [0, 0.1) is 45.9 Å². The number of nitrogens with one attached hydrogen (secondary N) is 1. The molecule has 0 bridgehead atoms. The number of rotatable bonds is 4. The molecule has 2 heterocycles. The van der Waals surface area contributed by atoms with Gasteiger partial charge in [0.2, 0.25) is 11.8 Å². The van der Waals surface area contributed by atoms with Gasteiger partial charge in [-0.15, -0.1) is 0 Å². The van der Waals surface area contributed by atoms with E-state index in [1.54, 1.807) is 24.5 Å². The third-order valence-corrected chi connectivity index (χ3v) is 5.06. The Kier molecular flexibility index (Phi) is 5.10. The molecule has 28 heavy (non-hydrogen) atoms. The van der Waals surface area contributed by atoms with Gasteiger partial charge in [0.15, 0.2) is 0 Å². The number of nitriles is 1. The van der Waals surface area contributed by atoms with Crippen molar-refractivity contribution in [2.45, 2.75) is 47.6 Å². The Morgan fingerprint density at radius 1 is 1.14 bits per heavy atom. The fourth-order valence-corrected chi connectivity index (χ4v) is 3.54. The van der Waals surface area contributed by atoms with Gasteiger partial charge in [0.05, 0.1) is 5.52 Å². The Bertz CT molecular complexity index is 1190. The number of furan rings is 1. The van der Waals surface area contributed by atoms with Gasteiger partial charge in [-0.3, -0.25) is 14.9 Å². The monoisotopic (exact) mass is 377 g/mol. The Morgan fingerprint density at radius 3 is 2.54 bits per heavy atom. The van der Waals surface area contributed by atoms with Gasteiger partial charge in [0.25, 0.3) is 5.56 Å². The minimum Gasteiger partial charge on any atom is -0.444 e. The van der Waals surface area contributed by atoms with Crippen LogP contribution < -0.4 is 10.9 Å². The molecule has 0 saturated carbocycles. The second kappa shape index (κ2) is 7.35. The molecule has 0 saturated heterocycles. The number of amides is 1. The molecule has 1 aromatic carbocycles. The van der Waals surface area contributed by atoms with E-state index in [4.69, 9.17) is 4.42 Å². The molecule has 2 aromatic heterocycles. The molecule has 3 aromatic rings. The number of hydrogen-bond acceptors (Lipinski definition) is 4. The molecular formula is C22H23N3O3. The fourth-order valence-electron chi connectivity index (χ4n) is 3.54. The summed E-state index contributed by atoms with van der Waals surface area (Å²) in [5.41, 5.74) is 4.81. The summed E-state index contributed by atoms with van der Waals surface area (Å²) in [6.45, 7) is 9.67. The lowest BCUT2D eigenvalue weighted by molar-refractivity contribution is -0.116. The molecule has 0 radical (unpaired) electrons. The topological polar surface area (TPSA) is 88.0 Å². The predicted molar refractivity (Wildman–Crippen MR) is 109 cm³/mol. The predicted octanol–water partition coefficient (Wildman–Crippen LogP) is 4.04. The molecule has 144 valence electrons. The average molecular weight is 377 g/mol. The number of hydrogen-bond donors (Lipinski definition) is 1. The summed E-state index contributed by atoms with van der Waals surface area (Å²) in [5, 5.41) is 12.9. The zero-order valence-electron chi connectivity index (χ0n) is 16.8. The van der Waals surface area contributed by atoms with Crippen molar-refractivity contribution in [3.8, 4) is 6.07 Å². The second-order valence-electron chi connectivity index (χ2n) is 7.19. The molecular weight excluding hydrogens is 354 g/mol. The molecule has 0 unspecified atom stereocenters. The number of carbonyl (C=O) groups excluding carboxylic acids is 1. The molecule has 0 aliphatic carbocycles. The smallest absolute Gasteiger partial charge is 0.251 e. The van der Waals surface area contributed by atoms with Gasteiger partial charge >= 0.3 is 0 Å². The first-order chi connectivity index (χ1) is 13.2. The number of carbonyl (C=O) groups is 1. The average Bonchev–Trinajstić information content (AvgIpc) is 2.88. The third kappa shape index (κ3) is 3.44. The van der Waals surface area contributed by atoms with E-state index >= 15 is 0 Å². The molecule has 6 nitrogen and oxygen atoms in total. The lowest BCUT2D eigenvalue weighted by atomic mass is 10.0. The highest BCUT2D eigenvalue weighted by Gasteiger charge is 2.17. The molecule has 1 N–H and O–H groups in total. The van der Waals surface area contributed by atoms with Gasteiger partial charge in [0, 0.05) is 30.0 Å². The molecule has 1 amide bonds. The lowest BCUT2D eigenvalue weighted by Gasteiger charge is -2.15. The SMILES string of the molecule is Cc1cc(C)c2c(c1)c(C)cc(=O)n2CCC(=O)Nc1oc(C)c(C)c1C#N. The zero-order valence-corrected chi connectivity index (χ0v) is 16.8. The highest BCUT2D eigenvalue weighted by molar-refractivity contribution is 5.91. The van der Waals surface area contributed by atoms with Gasteiger partial charge in [0.1, 0.15) is 17.4 Å². The van der Waals surface area contributed by atoms with Gasteiger partial charge in [-0.25, -0.2) is 0 Å². The van der Waals surface area contributed by atoms with Gasteiger partial charge in [-0.05, 0) is 51.8 Å². The number of aryl methyl sites for hydroxylation is 5. The Labute approximate surface area is 163 Å². The van der Waals surface area contributed by atoms with E-state index < -0.39 is 0 Å². The van der Waals surface area contributed by atoms with E-state index in [9.17, 15) is 14.9 Å². The third-order valence-electron chi connectivity index (χ3n) is 5.06. The maximum Gasteiger partial charge on any atom is 0.251 e. The maximum atomic E-state index is 12.6. The molecule has 0 fully saturated rings. The second-order valence-corrected chi connectivity index (χ2v) is 7.19. The Hall–Kier alpha value is -3.33. The van der Waals surface area contributed by atoms with Crippen LogP contribution in [-0.4, -0.2) is 10.5 Å². The zero-order chi connectivity index (χ0) is 20.6. The number of nitrogens with zero attached hydrogens (tertiary/aromatic N) is 2. The summed E-state index contributed by atoms with van der Waals surface area (Å²) in [6.07, 6.45) is 0.0923. The van der Waals surface area contributed by atoms with Crippen LogP contribution in [0.5, 0.6) is 0 Å². The first-order valence-corrected chi connectivity index (χ1v) is 9.14. The standard InChI is InChI=1S/C22H23N3O3/c1-12-8-14(3)21-17(9-12)13(2)10-20(27)25(21)7-6-19(26)24-22-18(11-23)15(4)16(5)28-22/h8-10H,6-7H2,1-5H3,(H,24,26). The van der Waals surface area contributed by atoms with Crippen molar-refractivity contribution in [2.24, 2.45) is 0 Å². The van der Waals surface area contributed by atoms with Crippen LogP contribution in [0.25, 0.3) is 10.9 Å². The lowest BCUT2D eigenvalue weighted by Crippen LogP contribution is -2.24. The van der Waals surface area contributed by atoms with Crippen LogP contribution in [0.4, 0.5) is 5.88 Å². The number of fused-ring (bicyclic) bond motifs is 1. The van der Waals surface area contributed by atoms with Crippen molar-refractivity contribution in [2.75, 3.05) is 5.32 Å². The summed E-state index contributed by atoms with van der Waals surface area (Å²) in [7, 11) is 0. The largest absolute Gasteiger partial charge is 0.444 e. The minimum absolute atomic E-state index is 0.0923. The van der Waals surface area contributed by atoms with E-state index in [0.717, 1.165) is 27.6 Å². The fraction of sp³-hybridized carbons (Fsp3) is 0.318. The van der Waals surface area contributed by atoms with E-state index in [0.29, 0.717) is 16.9 Å².